The Labute approximate surface area is 90.0 Å². The molecule has 0 bridgehead atoms. The largest absolute Gasteiger partial charge is 0.317 e. The minimum atomic E-state index is 0.508. The van der Waals surface area contributed by atoms with Gasteiger partial charge in [-0.1, -0.05) is 0 Å². The topological polar surface area (TPSA) is 41.9 Å². The first-order chi connectivity index (χ1) is 7.30. The summed E-state index contributed by atoms with van der Waals surface area (Å²) in [6, 6.07) is 0.535. The Balaban J connectivity index is 1.82. The molecule has 3 heterocycles. The maximum Gasteiger partial charge on any atom is 0.0537 e. The molecule has 0 aliphatic carbocycles. The normalized spacial score (nSPS) is 29.0. The lowest BCUT2D eigenvalue weighted by atomic mass is 9.65. The van der Waals surface area contributed by atoms with Gasteiger partial charge in [0.1, 0.15) is 0 Å². The summed E-state index contributed by atoms with van der Waals surface area (Å²) >= 11 is 0. The third-order valence-electron chi connectivity index (χ3n) is 3.93. The molecule has 0 aromatic carbocycles. The van der Waals surface area contributed by atoms with Gasteiger partial charge in [-0.05, 0) is 25.9 Å². The van der Waals surface area contributed by atoms with Crippen molar-refractivity contribution in [1.82, 2.24) is 20.4 Å². The fourth-order valence-corrected chi connectivity index (χ4v) is 2.94. The third-order valence-corrected chi connectivity index (χ3v) is 3.93. The van der Waals surface area contributed by atoms with E-state index in [4.69, 9.17) is 0 Å². The zero-order valence-electron chi connectivity index (χ0n) is 9.16. The van der Waals surface area contributed by atoms with Crippen LogP contribution in [-0.4, -0.2) is 29.4 Å². The molecule has 0 unspecified atom stereocenters. The first kappa shape index (κ1) is 9.36. The van der Waals surface area contributed by atoms with Gasteiger partial charge >= 0.3 is 0 Å². The van der Waals surface area contributed by atoms with Crippen molar-refractivity contribution in [3.8, 4) is 0 Å². The van der Waals surface area contributed by atoms with Crippen molar-refractivity contribution in [3.63, 3.8) is 0 Å². The molecule has 2 N–H and O–H groups in total. The molecule has 2 saturated heterocycles. The summed E-state index contributed by atoms with van der Waals surface area (Å²) in [5, 5.41) is 11.2. The standard InChI is InChI=1S/C11H18N4/c1-15-7-9(6-14-15)10-11(8-13-10)2-4-12-5-3-11/h6-7,10,12-13H,2-5,8H2,1H3/t10-/m0/s1. The number of rotatable bonds is 1. The van der Waals surface area contributed by atoms with Crippen LogP contribution in [0.5, 0.6) is 0 Å². The lowest BCUT2D eigenvalue weighted by molar-refractivity contribution is 0.0436. The quantitative estimate of drug-likeness (QED) is 0.700. The summed E-state index contributed by atoms with van der Waals surface area (Å²) in [7, 11) is 1.98. The van der Waals surface area contributed by atoms with Crippen LogP contribution in [0.1, 0.15) is 24.4 Å². The van der Waals surface area contributed by atoms with Crippen molar-refractivity contribution in [2.45, 2.75) is 18.9 Å². The molecule has 15 heavy (non-hydrogen) atoms. The molecule has 0 radical (unpaired) electrons. The van der Waals surface area contributed by atoms with Crippen LogP contribution >= 0.6 is 0 Å². The van der Waals surface area contributed by atoms with Gasteiger partial charge in [0, 0.05) is 36.8 Å². The Morgan fingerprint density at radius 1 is 1.47 bits per heavy atom. The Bertz CT molecular complexity index is 351. The molecular formula is C11H18N4. The molecule has 2 aliphatic rings. The van der Waals surface area contributed by atoms with E-state index in [0.717, 1.165) is 0 Å². The average Bonchev–Trinajstić information content (AvgIpc) is 2.64. The van der Waals surface area contributed by atoms with E-state index in [1.807, 2.05) is 17.9 Å². The van der Waals surface area contributed by atoms with Gasteiger partial charge in [0.25, 0.3) is 0 Å². The van der Waals surface area contributed by atoms with Crippen LogP contribution in [0.25, 0.3) is 0 Å². The van der Waals surface area contributed by atoms with Gasteiger partial charge in [-0.3, -0.25) is 4.68 Å². The average molecular weight is 206 g/mol. The van der Waals surface area contributed by atoms with Gasteiger partial charge in [0.15, 0.2) is 0 Å². The second-order valence-electron chi connectivity index (χ2n) is 4.87. The SMILES string of the molecule is Cn1cc([C@@H]2NCC23CCNCC3)cn1. The van der Waals surface area contributed by atoms with Gasteiger partial charge in [-0.2, -0.15) is 5.10 Å². The molecule has 1 aromatic rings. The predicted molar refractivity (Wildman–Crippen MR) is 58.5 cm³/mol. The van der Waals surface area contributed by atoms with Crippen LogP contribution in [0.2, 0.25) is 0 Å². The molecule has 3 rings (SSSR count). The summed E-state index contributed by atoms with van der Waals surface area (Å²) in [6.07, 6.45) is 6.72. The Morgan fingerprint density at radius 3 is 2.80 bits per heavy atom. The number of nitrogens with zero attached hydrogens (tertiary/aromatic N) is 2. The number of hydrogen-bond acceptors (Lipinski definition) is 3. The highest BCUT2D eigenvalue weighted by Crippen LogP contribution is 2.47. The van der Waals surface area contributed by atoms with Crippen LogP contribution in [0, 0.1) is 5.41 Å². The van der Waals surface area contributed by atoms with E-state index in [1.165, 1.54) is 38.0 Å². The zero-order valence-corrected chi connectivity index (χ0v) is 9.16. The fraction of sp³-hybridized carbons (Fsp3) is 0.727. The molecule has 2 fully saturated rings. The number of aromatic nitrogens is 2. The lowest BCUT2D eigenvalue weighted by Gasteiger charge is -2.52. The maximum atomic E-state index is 4.26. The molecule has 1 spiro atoms. The molecule has 1 atom stereocenters. The third kappa shape index (κ3) is 1.40. The van der Waals surface area contributed by atoms with Gasteiger partial charge in [0.2, 0.25) is 0 Å². The van der Waals surface area contributed by atoms with E-state index in [-0.39, 0.29) is 0 Å². The van der Waals surface area contributed by atoms with Gasteiger partial charge in [0.05, 0.1) is 6.20 Å². The minimum absolute atomic E-state index is 0.508. The number of piperidine rings is 1. The van der Waals surface area contributed by atoms with E-state index in [1.54, 1.807) is 0 Å². The molecule has 1 aromatic heterocycles. The highest BCUT2D eigenvalue weighted by molar-refractivity contribution is 5.20. The molecule has 0 saturated carbocycles. The molecule has 2 aliphatic heterocycles. The first-order valence-corrected chi connectivity index (χ1v) is 5.73. The van der Waals surface area contributed by atoms with E-state index in [2.05, 4.69) is 21.9 Å². The van der Waals surface area contributed by atoms with Crippen molar-refractivity contribution in [1.29, 1.82) is 0 Å². The summed E-state index contributed by atoms with van der Waals surface area (Å²) in [5.41, 5.74) is 1.86. The zero-order chi connectivity index (χ0) is 10.3. The molecule has 4 heteroatoms. The van der Waals surface area contributed by atoms with Crippen molar-refractivity contribution in [3.05, 3.63) is 18.0 Å². The Morgan fingerprint density at radius 2 is 2.27 bits per heavy atom. The Kier molecular flexibility index (Phi) is 2.07. The van der Waals surface area contributed by atoms with Crippen LogP contribution in [-0.2, 0) is 7.05 Å². The number of nitrogens with one attached hydrogen (secondary N) is 2. The van der Waals surface area contributed by atoms with Gasteiger partial charge < -0.3 is 10.6 Å². The molecule has 4 nitrogen and oxygen atoms in total. The molecule has 82 valence electrons. The van der Waals surface area contributed by atoms with E-state index in [0.29, 0.717) is 11.5 Å². The summed E-state index contributed by atoms with van der Waals surface area (Å²) in [6.45, 7) is 3.51. The Hall–Kier alpha value is -0.870. The van der Waals surface area contributed by atoms with Crippen LogP contribution in [0.15, 0.2) is 12.4 Å². The summed E-state index contributed by atoms with van der Waals surface area (Å²) < 4.78 is 1.89. The van der Waals surface area contributed by atoms with Crippen LogP contribution in [0.3, 0.4) is 0 Å². The minimum Gasteiger partial charge on any atom is -0.317 e. The number of hydrogen-bond donors (Lipinski definition) is 2. The summed E-state index contributed by atoms with van der Waals surface area (Å²) in [4.78, 5) is 0. The van der Waals surface area contributed by atoms with E-state index < -0.39 is 0 Å². The maximum absolute atomic E-state index is 4.26. The van der Waals surface area contributed by atoms with Crippen molar-refractivity contribution in [2.75, 3.05) is 19.6 Å². The highest BCUT2D eigenvalue weighted by atomic mass is 15.2. The first-order valence-electron chi connectivity index (χ1n) is 5.73. The number of aryl methyl sites for hydroxylation is 1. The van der Waals surface area contributed by atoms with Gasteiger partial charge in [-0.25, -0.2) is 0 Å². The van der Waals surface area contributed by atoms with Crippen LogP contribution < -0.4 is 10.6 Å². The monoisotopic (exact) mass is 206 g/mol. The van der Waals surface area contributed by atoms with Crippen molar-refractivity contribution in [2.24, 2.45) is 12.5 Å². The lowest BCUT2D eigenvalue weighted by Crippen LogP contribution is -2.59. The summed E-state index contributed by atoms with van der Waals surface area (Å²) in [5.74, 6) is 0. The van der Waals surface area contributed by atoms with E-state index in [9.17, 15) is 0 Å². The van der Waals surface area contributed by atoms with Gasteiger partial charge in [-0.15, -0.1) is 0 Å². The smallest absolute Gasteiger partial charge is 0.0537 e. The van der Waals surface area contributed by atoms with Crippen LogP contribution in [0.4, 0.5) is 0 Å². The second-order valence-corrected chi connectivity index (χ2v) is 4.87. The highest BCUT2D eigenvalue weighted by Gasteiger charge is 2.47. The molecular weight excluding hydrogens is 188 g/mol. The fourth-order valence-electron chi connectivity index (χ4n) is 2.94. The molecule has 0 amide bonds. The second kappa shape index (κ2) is 3.32. The van der Waals surface area contributed by atoms with E-state index >= 15 is 0 Å². The van der Waals surface area contributed by atoms with Crippen molar-refractivity contribution < 1.29 is 0 Å². The van der Waals surface area contributed by atoms with Crippen molar-refractivity contribution >= 4 is 0 Å². The predicted octanol–water partition coefficient (Wildman–Crippen LogP) is 0.434.